The maximum absolute atomic E-state index is 13.9. The Morgan fingerprint density at radius 1 is 1.00 bits per heavy atom. The highest BCUT2D eigenvalue weighted by Gasteiger charge is 2.33. The summed E-state index contributed by atoms with van der Waals surface area (Å²) in [5, 5.41) is 18.5. The van der Waals surface area contributed by atoms with Crippen LogP contribution in [0.3, 0.4) is 0 Å². The topological polar surface area (TPSA) is 86.6 Å². The first-order valence-corrected chi connectivity index (χ1v) is 15.3. The molecular formula is C35H39F3N4O3. The first kappa shape index (κ1) is 32.2. The second-order valence-corrected chi connectivity index (χ2v) is 12.1. The van der Waals surface area contributed by atoms with E-state index < -0.39 is 35.3 Å². The van der Waals surface area contributed by atoms with Crippen LogP contribution in [0.2, 0.25) is 0 Å². The van der Waals surface area contributed by atoms with Crippen molar-refractivity contribution in [1.82, 2.24) is 15.2 Å². The van der Waals surface area contributed by atoms with E-state index in [-0.39, 0.29) is 12.5 Å². The van der Waals surface area contributed by atoms with Gasteiger partial charge in [-0.2, -0.15) is 13.2 Å². The van der Waals surface area contributed by atoms with Crippen molar-refractivity contribution < 1.29 is 27.9 Å². The maximum Gasteiger partial charge on any atom is 0.416 e. The number of anilines is 1. The number of halogens is 3. The van der Waals surface area contributed by atoms with Gasteiger partial charge in [0.25, 0.3) is 5.91 Å². The summed E-state index contributed by atoms with van der Waals surface area (Å²) in [4.78, 5) is 28.3. The van der Waals surface area contributed by atoms with E-state index in [0.29, 0.717) is 42.7 Å². The Labute approximate surface area is 261 Å². The molecular weight excluding hydrogens is 581 g/mol. The molecule has 0 saturated carbocycles. The van der Waals surface area contributed by atoms with Gasteiger partial charge in [0.15, 0.2) is 0 Å². The Hall–Kier alpha value is -4.15. The fourth-order valence-electron chi connectivity index (χ4n) is 5.90. The minimum absolute atomic E-state index is 0.00623. The summed E-state index contributed by atoms with van der Waals surface area (Å²) in [6, 6.07) is 19.3. The average Bonchev–Trinajstić information content (AvgIpc) is 3.65. The Balaban J connectivity index is 1.40. The second kappa shape index (κ2) is 13.1. The number of alkyl halides is 3. The summed E-state index contributed by atoms with van der Waals surface area (Å²) >= 11 is 0. The van der Waals surface area contributed by atoms with E-state index >= 15 is 0 Å². The zero-order valence-electron chi connectivity index (χ0n) is 25.7. The molecule has 2 heterocycles. The summed E-state index contributed by atoms with van der Waals surface area (Å²) in [7, 11) is 0. The molecule has 1 aliphatic rings. The van der Waals surface area contributed by atoms with Crippen LogP contribution in [0.5, 0.6) is 0 Å². The molecule has 10 heteroatoms. The third-order valence-corrected chi connectivity index (χ3v) is 8.58. The molecule has 7 nitrogen and oxygen atoms in total. The van der Waals surface area contributed by atoms with Gasteiger partial charge in [0.2, 0.25) is 5.91 Å². The van der Waals surface area contributed by atoms with Crippen molar-refractivity contribution >= 4 is 28.4 Å². The van der Waals surface area contributed by atoms with E-state index in [2.05, 4.69) is 10.6 Å². The molecule has 3 N–H and O–H groups in total. The number of hydrogen-bond donors (Lipinski definition) is 3. The number of hydrogen-bond acceptors (Lipinski definition) is 4. The molecule has 2 amide bonds. The number of carbonyl (C=O) groups is 2. The number of fused-ring (bicyclic) bond motifs is 1. The molecule has 4 aromatic rings. The normalized spacial score (nSPS) is 15.4. The van der Waals surface area contributed by atoms with E-state index in [9.17, 15) is 27.9 Å². The number of benzene rings is 3. The minimum atomic E-state index is -4.47. The molecule has 0 bridgehead atoms. The van der Waals surface area contributed by atoms with Gasteiger partial charge in [0.1, 0.15) is 0 Å². The molecule has 0 spiro atoms. The van der Waals surface area contributed by atoms with Crippen molar-refractivity contribution in [2.24, 2.45) is 0 Å². The quantitative estimate of drug-likeness (QED) is 0.191. The monoisotopic (exact) mass is 620 g/mol. The van der Waals surface area contributed by atoms with Crippen molar-refractivity contribution in [1.29, 1.82) is 0 Å². The summed E-state index contributed by atoms with van der Waals surface area (Å²) < 4.78 is 42.1. The van der Waals surface area contributed by atoms with Gasteiger partial charge in [-0.15, -0.1) is 0 Å². The SMILES string of the molecule is CCn1ccc2c(N3CCCC3=O)cc(C(=O)N[C@@H](Cc3ccccc3)[C@H](O)CNC(C)(C)c3cccc(C(F)(F)F)c3)cc21. The lowest BCUT2D eigenvalue weighted by molar-refractivity contribution is -0.137. The molecule has 238 valence electrons. The number of nitrogens with zero attached hydrogens (tertiary/aromatic N) is 2. The number of aromatic nitrogens is 1. The highest BCUT2D eigenvalue weighted by atomic mass is 19.4. The summed E-state index contributed by atoms with van der Waals surface area (Å²) in [5.74, 6) is -0.379. The van der Waals surface area contributed by atoms with Crippen LogP contribution < -0.4 is 15.5 Å². The largest absolute Gasteiger partial charge is 0.416 e. The highest BCUT2D eigenvalue weighted by Crippen LogP contribution is 2.34. The van der Waals surface area contributed by atoms with E-state index in [0.717, 1.165) is 35.0 Å². The fourth-order valence-corrected chi connectivity index (χ4v) is 5.90. The Morgan fingerprint density at radius 2 is 1.73 bits per heavy atom. The van der Waals surface area contributed by atoms with Gasteiger partial charge in [-0.3, -0.25) is 9.59 Å². The number of rotatable bonds is 11. The van der Waals surface area contributed by atoms with Gasteiger partial charge in [-0.05, 0) is 75.1 Å². The van der Waals surface area contributed by atoms with Crippen molar-refractivity contribution in [3.8, 4) is 0 Å². The predicted molar refractivity (Wildman–Crippen MR) is 169 cm³/mol. The van der Waals surface area contributed by atoms with Gasteiger partial charge >= 0.3 is 6.18 Å². The molecule has 0 unspecified atom stereocenters. The van der Waals surface area contributed by atoms with Gasteiger partial charge < -0.3 is 25.2 Å². The van der Waals surface area contributed by atoms with Gasteiger partial charge in [0.05, 0.1) is 28.9 Å². The number of nitrogens with one attached hydrogen (secondary N) is 2. The van der Waals surface area contributed by atoms with Crippen molar-refractivity contribution in [2.45, 2.75) is 70.4 Å². The zero-order chi connectivity index (χ0) is 32.4. The van der Waals surface area contributed by atoms with Gasteiger partial charge in [-0.25, -0.2) is 0 Å². The summed E-state index contributed by atoms with van der Waals surface area (Å²) in [5.41, 5.74) is 1.57. The summed E-state index contributed by atoms with van der Waals surface area (Å²) in [6.07, 6.45) is -2.08. The molecule has 0 aliphatic carbocycles. The van der Waals surface area contributed by atoms with Crippen LogP contribution in [0.25, 0.3) is 10.9 Å². The molecule has 0 radical (unpaired) electrons. The highest BCUT2D eigenvalue weighted by molar-refractivity contribution is 6.08. The molecule has 45 heavy (non-hydrogen) atoms. The van der Waals surface area contributed by atoms with E-state index in [1.165, 1.54) is 6.07 Å². The standard InChI is InChI=1S/C35H39F3N4O3/c1-4-41-17-15-27-29(41)19-24(20-30(27)42-16-9-14-32(42)44)33(45)40-28(18-23-10-6-5-7-11-23)31(43)22-39-34(2,3)25-12-8-13-26(21-25)35(36,37)38/h5-8,10-13,15,17,19-21,28,31,39,43H,4,9,14,16,18,22H2,1-3H3,(H,40,45)/t28-,31+/m0/s1. The molecule has 1 aromatic heterocycles. The van der Waals surface area contributed by atoms with Crippen molar-refractivity contribution in [2.75, 3.05) is 18.0 Å². The fraction of sp³-hybridized carbons (Fsp3) is 0.371. The number of carbonyl (C=O) groups excluding carboxylic acids is 2. The Bertz CT molecular complexity index is 1670. The molecule has 3 aromatic carbocycles. The zero-order valence-corrected chi connectivity index (χ0v) is 25.7. The average molecular weight is 621 g/mol. The Morgan fingerprint density at radius 3 is 2.40 bits per heavy atom. The van der Waals surface area contributed by atoms with Crippen LogP contribution >= 0.6 is 0 Å². The van der Waals surface area contributed by atoms with Crippen LogP contribution in [-0.2, 0) is 29.5 Å². The first-order chi connectivity index (χ1) is 21.4. The second-order valence-electron chi connectivity index (χ2n) is 12.1. The van der Waals surface area contributed by atoms with Crippen molar-refractivity contribution in [3.05, 3.63) is 101 Å². The molecule has 1 saturated heterocycles. The third kappa shape index (κ3) is 7.23. The maximum atomic E-state index is 13.9. The number of aliphatic hydroxyl groups excluding tert-OH is 1. The number of amides is 2. The number of aryl methyl sites for hydroxylation is 1. The minimum Gasteiger partial charge on any atom is -0.390 e. The molecule has 2 atom stereocenters. The first-order valence-electron chi connectivity index (χ1n) is 15.3. The van der Waals surface area contributed by atoms with E-state index in [4.69, 9.17) is 0 Å². The molecule has 5 rings (SSSR count). The van der Waals surface area contributed by atoms with Gasteiger partial charge in [0, 0.05) is 48.7 Å². The summed E-state index contributed by atoms with van der Waals surface area (Å²) in [6.45, 7) is 6.78. The van der Waals surface area contributed by atoms with Crippen LogP contribution in [0.15, 0.2) is 79.0 Å². The van der Waals surface area contributed by atoms with Crippen LogP contribution in [-0.4, -0.2) is 46.7 Å². The lowest BCUT2D eigenvalue weighted by Crippen LogP contribution is -2.51. The van der Waals surface area contributed by atoms with Crippen molar-refractivity contribution in [3.63, 3.8) is 0 Å². The van der Waals surface area contributed by atoms with Crippen LogP contribution in [0, 0.1) is 0 Å². The number of aliphatic hydroxyl groups is 1. The van der Waals surface area contributed by atoms with E-state index in [1.807, 2.05) is 54.1 Å². The van der Waals surface area contributed by atoms with E-state index in [1.54, 1.807) is 36.9 Å². The smallest absolute Gasteiger partial charge is 0.390 e. The van der Waals surface area contributed by atoms with Gasteiger partial charge in [-0.1, -0.05) is 42.5 Å². The molecule has 1 aliphatic heterocycles. The van der Waals surface area contributed by atoms with Crippen LogP contribution in [0.4, 0.5) is 18.9 Å². The Kier molecular flexibility index (Phi) is 9.36. The lowest BCUT2D eigenvalue weighted by atomic mass is 9.92. The van der Waals surface area contributed by atoms with Crippen LogP contribution in [0.1, 0.15) is 60.7 Å². The molecule has 1 fully saturated rings. The predicted octanol–water partition coefficient (Wildman–Crippen LogP) is 6.03. The third-order valence-electron chi connectivity index (χ3n) is 8.58. The lowest BCUT2D eigenvalue weighted by Gasteiger charge is -2.32.